The Hall–Kier alpha value is -1.03. The molecular weight excluding hydrogens is 246 g/mol. The van der Waals surface area contributed by atoms with Gasteiger partial charge in [0.15, 0.2) is 0 Å². The number of carbonyl (C=O) groups is 1. The molecule has 0 saturated heterocycles. The standard InChI is InChI=1S/C10H12BrNO2/c1-3-6-4-7(11)5-8(12)9(6)10(13)14-2/h4-5H,3,12H2,1-2H3. The van der Waals surface area contributed by atoms with Gasteiger partial charge in [0.2, 0.25) is 0 Å². The number of nitrogens with two attached hydrogens (primary N) is 1. The predicted molar refractivity (Wildman–Crippen MR) is 59.3 cm³/mol. The number of halogens is 1. The number of esters is 1. The normalized spacial score (nSPS) is 9.93. The largest absolute Gasteiger partial charge is 0.465 e. The maximum atomic E-state index is 11.4. The highest BCUT2D eigenvalue weighted by atomic mass is 79.9. The lowest BCUT2D eigenvalue weighted by molar-refractivity contribution is 0.0601. The third kappa shape index (κ3) is 2.07. The molecule has 0 fully saturated rings. The zero-order chi connectivity index (χ0) is 10.7. The van der Waals surface area contributed by atoms with E-state index < -0.39 is 0 Å². The summed E-state index contributed by atoms with van der Waals surface area (Å²) in [6.45, 7) is 1.97. The molecule has 4 heteroatoms. The molecule has 0 aliphatic carbocycles. The molecule has 0 radical (unpaired) electrons. The van der Waals surface area contributed by atoms with E-state index in [-0.39, 0.29) is 5.97 Å². The molecule has 0 saturated carbocycles. The van der Waals surface area contributed by atoms with Crippen LogP contribution in [0.15, 0.2) is 16.6 Å². The van der Waals surface area contributed by atoms with Gasteiger partial charge in [-0.25, -0.2) is 4.79 Å². The van der Waals surface area contributed by atoms with Crippen molar-refractivity contribution >= 4 is 27.6 Å². The Bertz CT molecular complexity index is 363. The van der Waals surface area contributed by atoms with E-state index in [9.17, 15) is 4.79 Å². The molecule has 0 amide bonds. The van der Waals surface area contributed by atoms with Gasteiger partial charge in [0, 0.05) is 10.2 Å². The molecule has 14 heavy (non-hydrogen) atoms. The average molecular weight is 258 g/mol. The summed E-state index contributed by atoms with van der Waals surface area (Å²) in [4.78, 5) is 11.4. The van der Waals surface area contributed by atoms with Gasteiger partial charge in [-0.3, -0.25) is 0 Å². The summed E-state index contributed by atoms with van der Waals surface area (Å²) in [6, 6.07) is 3.58. The number of anilines is 1. The van der Waals surface area contributed by atoms with Crippen molar-refractivity contribution in [2.45, 2.75) is 13.3 Å². The number of benzene rings is 1. The van der Waals surface area contributed by atoms with Crippen LogP contribution in [0.2, 0.25) is 0 Å². The molecule has 1 aromatic carbocycles. The summed E-state index contributed by atoms with van der Waals surface area (Å²) in [6.07, 6.45) is 0.744. The van der Waals surface area contributed by atoms with Crippen LogP contribution in [-0.2, 0) is 11.2 Å². The number of carbonyl (C=O) groups excluding carboxylic acids is 1. The van der Waals surface area contributed by atoms with E-state index in [1.165, 1.54) is 7.11 Å². The lowest BCUT2D eigenvalue weighted by Gasteiger charge is -2.09. The predicted octanol–water partition coefficient (Wildman–Crippen LogP) is 2.38. The molecule has 1 rings (SSSR count). The minimum Gasteiger partial charge on any atom is -0.465 e. The highest BCUT2D eigenvalue weighted by Crippen LogP contribution is 2.24. The van der Waals surface area contributed by atoms with Crippen LogP contribution in [0.25, 0.3) is 0 Å². The Morgan fingerprint density at radius 1 is 1.57 bits per heavy atom. The van der Waals surface area contributed by atoms with Gasteiger partial charge in [-0.05, 0) is 24.1 Å². The van der Waals surface area contributed by atoms with Gasteiger partial charge in [-0.1, -0.05) is 22.9 Å². The quantitative estimate of drug-likeness (QED) is 0.654. The van der Waals surface area contributed by atoms with E-state index in [4.69, 9.17) is 5.73 Å². The number of nitrogen functional groups attached to an aromatic ring is 1. The zero-order valence-electron chi connectivity index (χ0n) is 8.13. The van der Waals surface area contributed by atoms with Crippen LogP contribution in [-0.4, -0.2) is 13.1 Å². The van der Waals surface area contributed by atoms with Crippen molar-refractivity contribution in [1.82, 2.24) is 0 Å². The molecule has 0 heterocycles. The topological polar surface area (TPSA) is 52.3 Å². The minimum atomic E-state index is -0.383. The van der Waals surface area contributed by atoms with Crippen LogP contribution in [0, 0.1) is 0 Å². The first kappa shape index (κ1) is 11.0. The monoisotopic (exact) mass is 257 g/mol. The highest BCUT2D eigenvalue weighted by Gasteiger charge is 2.15. The van der Waals surface area contributed by atoms with Crippen molar-refractivity contribution in [1.29, 1.82) is 0 Å². The highest BCUT2D eigenvalue weighted by molar-refractivity contribution is 9.10. The number of aryl methyl sites for hydroxylation is 1. The van der Waals surface area contributed by atoms with E-state index >= 15 is 0 Å². The van der Waals surface area contributed by atoms with Crippen molar-refractivity contribution in [2.75, 3.05) is 12.8 Å². The van der Waals surface area contributed by atoms with Gasteiger partial charge in [0.1, 0.15) is 0 Å². The van der Waals surface area contributed by atoms with Gasteiger partial charge < -0.3 is 10.5 Å². The van der Waals surface area contributed by atoms with Crippen molar-refractivity contribution < 1.29 is 9.53 Å². The smallest absolute Gasteiger partial charge is 0.340 e. The number of rotatable bonds is 2. The number of hydrogen-bond donors (Lipinski definition) is 1. The van der Waals surface area contributed by atoms with E-state index in [2.05, 4.69) is 20.7 Å². The zero-order valence-corrected chi connectivity index (χ0v) is 9.72. The van der Waals surface area contributed by atoms with Crippen LogP contribution in [0.4, 0.5) is 5.69 Å². The molecule has 0 unspecified atom stereocenters. The SMILES string of the molecule is CCc1cc(Br)cc(N)c1C(=O)OC. The first-order chi connectivity index (χ1) is 6.60. The Labute approximate surface area is 91.4 Å². The molecule has 0 bridgehead atoms. The van der Waals surface area contributed by atoms with E-state index in [0.29, 0.717) is 11.3 Å². The van der Waals surface area contributed by atoms with Crippen LogP contribution in [0.3, 0.4) is 0 Å². The molecule has 3 nitrogen and oxygen atoms in total. The summed E-state index contributed by atoms with van der Waals surface area (Å²) in [5.74, 6) is -0.383. The second-order valence-corrected chi connectivity index (χ2v) is 3.79. The van der Waals surface area contributed by atoms with Crippen LogP contribution in [0.5, 0.6) is 0 Å². The van der Waals surface area contributed by atoms with E-state index in [1.807, 2.05) is 13.0 Å². The second kappa shape index (κ2) is 4.46. The third-order valence-corrected chi connectivity index (χ3v) is 2.44. The lowest BCUT2D eigenvalue weighted by atomic mass is 10.0. The lowest BCUT2D eigenvalue weighted by Crippen LogP contribution is -2.09. The third-order valence-electron chi connectivity index (χ3n) is 1.99. The first-order valence-corrected chi connectivity index (χ1v) is 5.05. The molecule has 1 aromatic rings. The fraction of sp³-hybridized carbons (Fsp3) is 0.300. The Kier molecular flexibility index (Phi) is 3.52. The second-order valence-electron chi connectivity index (χ2n) is 2.87. The maximum absolute atomic E-state index is 11.4. The Morgan fingerprint density at radius 3 is 2.71 bits per heavy atom. The van der Waals surface area contributed by atoms with Crippen LogP contribution in [0.1, 0.15) is 22.8 Å². The van der Waals surface area contributed by atoms with E-state index in [1.54, 1.807) is 6.07 Å². The summed E-state index contributed by atoms with van der Waals surface area (Å²) in [7, 11) is 1.35. The average Bonchev–Trinajstić information content (AvgIpc) is 2.15. The van der Waals surface area contributed by atoms with Crippen molar-refractivity contribution in [3.05, 3.63) is 27.7 Å². The van der Waals surface area contributed by atoms with Crippen LogP contribution >= 0.6 is 15.9 Å². The van der Waals surface area contributed by atoms with E-state index in [0.717, 1.165) is 16.5 Å². The van der Waals surface area contributed by atoms with Crippen molar-refractivity contribution in [3.63, 3.8) is 0 Å². The number of hydrogen-bond acceptors (Lipinski definition) is 3. The minimum absolute atomic E-state index is 0.383. The molecule has 0 aliphatic rings. The molecule has 0 spiro atoms. The van der Waals surface area contributed by atoms with Gasteiger partial charge in [0.05, 0.1) is 12.7 Å². The van der Waals surface area contributed by atoms with Gasteiger partial charge in [-0.15, -0.1) is 0 Å². The van der Waals surface area contributed by atoms with Gasteiger partial charge in [0.25, 0.3) is 0 Å². The van der Waals surface area contributed by atoms with Crippen molar-refractivity contribution in [3.8, 4) is 0 Å². The summed E-state index contributed by atoms with van der Waals surface area (Å²) in [5.41, 5.74) is 7.55. The summed E-state index contributed by atoms with van der Waals surface area (Å²) < 4.78 is 5.54. The molecule has 76 valence electrons. The summed E-state index contributed by atoms with van der Waals surface area (Å²) in [5, 5.41) is 0. The molecular formula is C10H12BrNO2. The fourth-order valence-electron chi connectivity index (χ4n) is 1.32. The first-order valence-electron chi connectivity index (χ1n) is 4.26. The summed E-state index contributed by atoms with van der Waals surface area (Å²) >= 11 is 3.33. The van der Waals surface area contributed by atoms with Crippen molar-refractivity contribution in [2.24, 2.45) is 0 Å². The van der Waals surface area contributed by atoms with Gasteiger partial charge in [-0.2, -0.15) is 0 Å². The molecule has 0 atom stereocenters. The van der Waals surface area contributed by atoms with Crippen LogP contribution < -0.4 is 5.73 Å². The molecule has 2 N–H and O–H groups in total. The number of ether oxygens (including phenoxy) is 1. The van der Waals surface area contributed by atoms with Gasteiger partial charge >= 0.3 is 5.97 Å². The maximum Gasteiger partial charge on any atom is 0.340 e. The molecule has 0 aliphatic heterocycles. The Morgan fingerprint density at radius 2 is 2.21 bits per heavy atom. The fourth-order valence-corrected chi connectivity index (χ4v) is 1.84. The molecule has 0 aromatic heterocycles. The number of methoxy groups -OCH3 is 1. The Balaban J connectivity index is 3.32.